The van der Waals surface area contributed by atoms with E-state index in [2.05, 4.69) is 29.5 Å². The summed E-state index contributed by atoms with van der Waals surface area (Å²) < 4.78 is 7.06. The summed E-state index contributed by atoms with van der Waals surface area (Å²) >= 11 is 0. The van der Waals surface area contributed by atoms with E-state index in [4.69, 9.17) is 4.74 Å². The fraction of sp³-hybridized carbons (Fsp3) is 0.357. The third-order valence-corrected chi connectivity index (χ3v) is 2.53. The Morgan fingerprint density at radius 3 is 2.60 bits per heavy atom. The van der Waals surface area contributed by atoms with Gasteiger partial charge in [0, 0.05) is 12.7 Å². The number of nitrogens with zero attached hydrogens (tertiary/aromatic N) is 3. The van der Waals surface area contributed by atoms with Gasteiger partial charge in [-0.15, -0.1) is 5.10 Å². The first-order valence-electron chi connectivity index (χ1n) is 6.45. The van der Waals surface area contributed by atoms with E-state index in [0.29, 0.717) is 18.2 Å². The van der Waals surface area contributed by atoms with Crippen LogP contribution in [0, 0.1) is 5.92 Å². The number of hydrogen-bond acceptors (Lipinski definition) is 4. The van der Waals surface area contributed by atoms with Crippen LogP contribution in [0.15, 0.2) is 30.5 Å². The lowest BCUT2D eigenvalue weighted by molar-refractivity contribution is 0.102. The van der Waals surface area contributed by atoms with Crippen molar-refractivity contribution in [2.24, 2.45) is 13.0 Å². The van der Waals surface area contributed by atoms with Gasteiger partial charge in [-0.05, 0) is 30.2 Å². The third kappa shape index (κ3) is 3.81. The minimum Gasteiger partial charge on any atom is -0.493 e. The molecule has 0 bridgehead atoms. The Labute approximate surface area is 117 Å². The second kappa shape index (κ2) is 6.18. The van der Waals surface area contributed by atoms with E-state index in [1.54, 1.807) is 25.4 Å². The van der Waals surface area contributed by atoms with Gasteiger partial charge in [0.1, 0.15) is 5.75 Å². The molecular weight excluding hydrogens is 256 g/mol. The quantitative estimate of drug-likeness (QED) is 0.906. The molecule has 1 amide bonds. The molecule has 0 radical (unpaired) electrons. The van der Waals surface area contributed by atoms with Crippen LogP contribution < -0.4 is 10.1 Å². The molecule has 0 spiro atoms. The zero-order valence-corrected chi connectivity index (χ0v) is 11.8. The van der Waals surface area contributed by atoms with Gasteiger partial charge < -0.3 is 10.1 Å². The highest BCUT2D eigenvalue weighted by atomic mass is 16.5. The van der Waals surface area contributed by atoms with Crippen LogP contribution in [0.3, 0.4) is 0 Å². The molecule has 106 valence electrons. The van der Waals surface area contributed by atoms with Crippen LogP contribution >= 0.6 is 0 Å². The second-order valence-electron chi connectivity index (χ2n) is 4.96. The Kier molecular flexibility index (Phi) is 4.34. The summed E-state index contributed by atoms with van der Waals surface area (Å²) in [5.41, 5.74) is 0.977. The van der Waals surface area contributed by atoms with E-state index >= 15 is 0 Å². The fourth-order valence-corrected chi connectivity index (χ4v) is 1.54. The number of anilines is 1. The van der Waals surface area contributed by atoms with Crippen LogP contribution in [-0.2, 0) is 7.05 Å². The monoisotopic (exact) mass is 274 g/mol. The lowest BCUT2D eigenvalue weighted by atomic mass is 10.2. The van der Waals surface area contributed by atoms with Crippen molar-refractivity contribution in [1.82, 2.24) is 15.0 Å². The number of nitrogens with one attached hydrogen (secondary N) is 1. The summed E-state index contributed by atoms with van der Waals surface area (Å²) in [5.74, 6) is 0.983. The van der Waals surface area contributed by atoms with Crippen molar-refractivity contribution in [1.29, 1.82) is 0 Å². The number of ether oxygens (including phenoxy) is 1. The Hall–Kier alpha value is -2.37. The zero-order chi connectivity index (χ0) is 14.5. The number of hydrogen-bond donors (Lipinski definition) is 1. The Morgan fingerprint density at radius 2 is 2.05 bits per heavy atom. The molecule has 1 N–H and O–H groups in total. The largest absolute Gasteiger partial charge is 0.493 e. The molecule has 6 heteroatoms. The van der Waals surface area contributed by atoms with E-state index < -0.39 is 0 Å². The highest BCUT2D eigenvalue weighted by Crippen LogP contribution is 2.16. The highest BCUT2D eigenvalue weighted by molar-refractivity contribution is 6.02. The van der Waals surface area contributed by atoms with Gasteiger partial charge in [-0.2, -0.15) is 0 Å². The van der Waals surface area contributed by atoms with Gasteiger partial charge in [0.15, 0.2) is 5.69 Å². The molecule has 20 heavy (non-hydrogen) atoms. The highest BCUT2D eigenvalue weighted by Gasteiger charge is 2.09. The Balaban J connectivity index is 1.95. The number of carbonyl (C=O) groups is 1. The molecule has 0 aliphatic rings. The molecule has 6 nitrogen and oxygen atoms in total. The maximum atomic E-state index is 11.9. The van der Waals surface area contributed by atoms with Crippen LogP contribution in [0.5, 0.6) is 5.75 Å². The van der Waals surface area contributed by atoms with Crippen molar-refractivity contribution in [3.05, 3.63) is 36.2 Å². The average molecular weight is 274 g/mol. The van der Waals surface area contributed by atoms with Crippen LogP contribution in [0.1, 0.15) is 24.3 Å². The third-order valence-electron chi connectivity index (χ3n) is 2.53. The van der Waals surface area contributed by atoms with E-state index in [1.165, 1.54) is 4.68 Å². The van der Waals surface area contributed by atoms with Gasteiger partial charge in [-0.25, -0.2) is 0 Å². The summed E-state index contributed by atoms with van der Waals surface area (Å²) in [6.07, 6.45) is 1.56. The van der Waals surface area contributed by atoms with Crippen molar-refractivity contribution in [2.45, 2.75) is 13.8 Å². The minimum absolute atomic E-state index is 0.283. The van der Waals surface area contributed by atoms with E-state index in [9.17, 15) is 4.79 Å². The van der Waals surface area contributed by atoms with Gasteiger partial charge in [0.2, 0.25) is 0 Å². The lowest BCUT2D eigenvalue weighted by Crippen LogP contribution is -2.12. The molecule has 1 aromatic carbocycles. The molecular formula is C14H18N4O2. The van der Waals surface area contributed by atoms with Crippen LogP contribution in [0.25, 0.3) is 0 Å². The van der Waals surface area contributed by atoms with Gasteiger partial charge in [0.25, 0.3) is 5.91 Å². The first-order valence-corrected chi connectivity index (χ1v) is 6.45. The first-order chi connectivity index (χ1) is 9.54. The van der Waals surface area contributed by atoms with Gasteiger partial charge in [0.05, 0.1) is 12.8 Å². The molecule has 0 unspecified atom stereocenters. The molecule has 0 fully saturated rings. The van der Waals surface area contributed by atoms with Crippen LogP contribution in [-0.4, -0.2) is 27.5 Å². The van der Waals surface area contributed by atoms with Crippen molar-refractivity contribution < 1.29 is 9.53 Å². The van der Waals surface area contributed by atoms with Crippen molar-refractivity contribution in [3.8, 4) is 5.75 Å². The summed E-state index contributed by atoms with van der Waals surface area (Å²) in [5, 5.41) is 10.2. The number of rotatable bonds is 5. The standard InChI is InChI=1S/C14H18N4O2/c1-10(2)9-20-12-6-4-11(5-7-12)15-14(19)13-8-18(3)17-16-13/h4-8,10H,9H2,1-3H3,(H,15,19). The molecule has 0 aliphatic carbocycles. The number of aromatic nitrogens is 3. The number of carbonyl (C=O) groups excluding carboxylic acids is 1. The smallest absolute Gasteiger partial charge is 0.277 e. The number of benzene rings is 1. The summed E-state index contributed by atoms with van der Waals surface area (Å²) in [6, 6.07) is 7.25. The summed E-state index contributed by atoms with van der Waals surface area (Å²) in [7, 11) is 1.71. The average Bonchev–Trinajstić information content (AvgIpc) is 2.85. The predicted molar refractivity (Wildman–Crippen MR) is 75.7 cm³/mol. The Bertz CT molecular complexity index is 575. The normalized spacial score (nSPS) is 10.6. The number of amides is 1. The van der Waals surface area contributed by atoms with E-state index in [0.717, 1.165) is 5.75 Å². The molecule has 1 aromatic heterocycles. The predicted octanol–water partition coefficient (Wildman–Crippen LogP) is 2.10. The molecule has 0 saturated heterocycles. The van der Waals surface area contributed by atoms with Crippen molar-refractivity contribution >= 4 is 11.6 Å². The zero-order valence-electron chi connectivity index (χ0n) is 11.8. The topological polar surface area (TPSA) is 69.0 Å². The molecule has 2 aromatic rings. The maximum absolute atomic E-state index is 11.9. The maximum Gasteiger partial charge on any atom is 0.277 e. The Morgan fingerprint density at radius 1 is 1.35 bits per heavy atom. The first kappa shape index (κ1) is 14.0. The van der Waals surface area contributed by atoms with Gasteiger partial charge in [-0.1, -0.05) is 19.1 Å². The molecule has 0 atom stereocenters. The van der Waals surface area contributed by atoms with Gasteiger partial charge >= 0.3 is 0 Å². The lowest BCUT2D eigenvalue weighted by Gasteiger charge is -2.09. The molecule has 2 rings (SSSR count). The number of aryl methyl sites for hydroxylation is 1. The second-order valence-corrected chi connectivity index (χ2v) is 4.96. The van der Waals surface area contributed by atoms with Crippen LogP contribution in [0.2, 0.25) is 0 Å². The van der Waals surface area contributed by atoms with Crippen molar-refractivity contribution in [3.63, 3.8) is 0 Å². The van der Waals surface area contributed by atoms with Crippen molar-refractivity contribution in [2.75, 3.05) is 11.9 Å². The molecule has 0 saturated carbocycles. The summed E-state index contributed by atoms with van der Waals surface area (Å²) in [4.78, 5) is 11.9. The SMILES string of the molecule is CC(C)COc1ccc(NC(=O)c2cn(C)nn2)cc1. The van der Waals surface area contributed by atoms with E-state index in [-0.39, 0.29) is 11.6 Å². The van der Waals surface area contributed by atoms with Gasteiger partial charge in [-0.3, -0.25) is 9.48 Å². The molecule has 0 aliphatic heterocycles. The molecule has 1 heterocycles. The minimum atomic E-state index is -0.283. The fourth-order valence-electron chi connectivity index (χ4n) is 1.54. The summed E-state index contributed by atoms with van der Waals surface area (Å²) in [6.45, 7) is 4.86. The van der Waals surface area contributed by atoms with E-state index in [1.807, 2.05) is 12.1 Å². The van der Waals surface area contributed by atoms with Crippen LogP contribution in [0.4, 0.5) is 5.69 Å².